The van der Waals surface area contributed by atoms with Gasteiger partial charge in [-0.2, -0.15) is 0 Å². The molecular formula is C20H29NO2. The van der Waals surface area contributed by atoms with Crippen LogP contribution in [-0.2, 0) is 22.5 Å². The molecular weight excluding hydrogens is 286 g/mol. The number of nitrogens with zero attached hydrogens (tertiary/aromatic N) is 1. The number of carbonyl (C=O) groups excluding carboxylic acids is 1. The number of benzene rings is 1. The molecule has 23 heavy (non-hydrogen) atoms. The van der Waals surface area contributed by atoms with E-state index in [0.29, 0.717) is 24.7 Å². The van der Waals surface area contributed by atoms with Gasteiger partial charge in [-0.1, -0.05) is 32.0 Å². The summed E-state index contributed by atoms with van der Waals surface area (Å²) in [5, 5.41) is 0. The number of fused-ring (bicyclic) bond motifs is 1. The van der Waals surface area contributed by atoms with Crippen LogP contribution < -0.4 is 0 Å². The highest BCUT2D eigenvalue weighted by molar-refractivity contribution is 5.81. The SMILES string of the molecule is CC(C)c1ccc2c(c1)CCN(CCCC(=O)C1CCOC1)C2. The zero-order chi connectivity index (χ0) is 16.2. The molecule has 0 bridgehead atoms. The topological polar surface area (TPSA) is 29.5 Å². The van der Waals surface area contributed by atoms with E-state index in [1.165, 1.54) is 16.7 Å². The van der Waals surface area contributed by atoms with Crippen LogP contribution >= 0.6 is 0 Å². The Bertz CT molecular complexity index is 547. The molecule has 0 N–H and O–H groups in total. The summed E-state index contributed by atoms with van der Waals surface area (Å²) >= 11 is 0. The van der Waals surface area contributed by atoms with Gasteiger partial charge in [0.25, 0.3) is 0 Å². The average Bonchev–Trinajstić information content (AvgIpc) is 3.08. The number of carbonyl (C=O) groups is 1. The van der Waals surface area contributed by atoms with Crippen molar-refractivity contribution >= 4 is 5.78 Å². The third kappa shape index (κ3) is 4.21. The largest absolute Gasteiger partial charge is 0.381 e. The molecule has 2 aliphatic heterocycles. The third-order valence-electron chi connectivity index (χ3n) is 5.27. The van der Waals surface area contributed by atoms with Crippen molar-refractivity contribution in [2.24, 2.45) is 5.92 Å². The fourth-order valence-electron chi connectivity index (χ4n) is 3.65. The summed E-state index contributed by atoms with van der Waals surface area (Å²) in [4.78, 5) is 14.6. The molecule has 3 heteroatoms. The molecule has 126 valence electrons. The molecule has 0 amide bonds. The van der Waals surface area contributed by atoms with Gasteiger partial charge in [0.05, 0.1) is 6.61 Å². The molecule has 0 aromatic heterocycles. The van der Waals surface area contributed by atoms with Gasteiger partial charge in [-0.15, -0.1) is 0 Å². The van der Waals surface area contributed by atoms with Crippen LogP contribution in [0.25, 0.3) is 0 Å². The van der Waals surface area contributed by atoms with E-state index in [1.54, 1.807) is 0 Å². The molecule has 0 radical (unpaired) electrons. The van der Waals surface area contributed by atoms with Gasteiger partial charge >= 0.3 is 0 Å². The highest BCUT2D eigenvalue weighted by atomic mass is 16.5. The van der Waals surface area contributed by atoms with Crippen molar-refractivity contribution < 1.29 is 9.53 Å². The van der Waals surface area contributed by atoms with Crippen LogP contribution in [0.15, 0.2) is 18.2 Å². The number of ether oxygens (including phenoxy) is 1. The van der Waals surface area contributed by atoms with E-state index >= 15 is 0 Å². The smallest absolute Gasteiger partial charge is 0.138 e. The van der Waals surface area contributed by atoms with Gasteiger partial charge < -0.3 is 4.74 Å². The summed E-state index contributed by atoms with van der Waals surface area (Å²) in [6, 6.07) is 6.97. The summed E-state index contributed by atoms with van der Waals surface area (Å²) < 4.78 is 5.31. The molecule has 1 saturated heterocycles. The molecule has 3 nitrogen and oxygen atoms in total. The maximum Gasteiger partial charge on any atom is 0.138 e. The summed E-state index contributed by atoms with van der Waals surface area (Å²) in [6.07, 6.45) is 3.76. The zero-order valence-electron chi connectivity index (χ0n) is 14.5. The molecule has 0 aliphatic carbocycles. The first-order chi connectivity index (χ1) is 11.1. The predicted molar refractivity (Wildman–Crippen MR) is 92.7 cm³/mol. The maximum atomic E-state index is 12.1. The molecule has 1 aromatic carbocycles. The van der Waals surface area contributed by atoms with Crippen LogP contribution in [0.1, 0.15) is 55.7 Å². The number of hydrogen-bond donors (Lipinski definition) is 0. The van der Waals surface area contributed by atoms with Crippen LogP contribution in [0.4, 0.5) is 0 Å². The average molecular weight is 315 g/mol. The van der Waals surface area contributed by atoms with E-state index in [-0.39, 0.29) is 5.92 Å². The molecule has 1 unspecified atom stereocenters. The van der Waals surface area contributed by atoms with E-state index in [9.17, 15) is 4.79 Å². The van der Waals surface area contributed by atoms with Gasteiger partial charge in [0.1, 0.15) is 5.78 Å². The molecule has 1 atom stereocenters. The lowest BCUT2D eigenvalue weighted by molar-refractivity contribution is -0.123. The fraction of sp³-hybridized carbons (Fsp3) is 0.650. The monoisotopic (exact) mass is 315 g/mol. The quantitative estimate of drug-likeness (QED) is 0.804. The van der Waals surface area contributed by atoms with Crippen molar-refractivity contribution in [3.05, 3.63) is 34.9 Å². The molecule has 2 heterocycles. The van der Waals surface area contributed by atoms with Crippen molar-refractivity contribution in [3.63, 3.8) is 0 Å². The molecule has 0 spiro atoms. The summed E-state index contributed by atoms with van der Waals surface area (Å²) in [5.41, 5.74) is 4.43. The molecule has 2 aliphatic rings. The van der Waals surface area contributed by atoms with Crippen molar-refractivity contribution in [2.45, 2.75) is 52.0 Å². The van der Waals surface area contributed by atoms with Gasteiger partial charge in [-0.25, -0.2) is 0 Å². The molecule has 1 fully saturated rings. The Hall–Kier alpha value is -1.19. The van der Waals surface area contributed by atoms with Gasteiger partial charge in [-0.3, -0.25) is 9.69 Å². The zero-order valence-corrected chi connectivity index (χ0v) is 14.5. The Morgan fingerprint density at radius 1 is 1.35 bits per heavy atom. The minimum absolute atomic E-state index is 0.173. The van der Waals surface area contributed by atoms with Crippen molar-refractivity contribution in [1.82, 2.24) is 4.90 Å². The lowest BCUT2D eigenvalue weighted by Gasteiger charge is -2.29. The summed E-state index contributed by atoms with van der Waals surface area (Å²) in [7, 11) is 0. The second-order valence-corrected chi connectivity index (χ2v) is 7.34. The minimum atomic E-state index is 0.173. The summed E-state index contributed by atoms with van der Waals surface area (Å²) in [6.45, 7) is 9.10. The van der Waals surface area contributed by atoms with Crippen LogP contribution in [-0.4, -0.2) is 37.0 Å². The van der Waals surface area contributed by atoms with Gasteiger partial charge in [-0.05, 0) is 48.4 Å². The predicted octanol–water partition coefficient (Wildman–Crippen LogP) is 3.55. The molecule has 3 rings (SSSR count). The number of hydrogen-bond acceptors (Lipinski definition) is 3. The first-order valence-electron chi connectivity index (χ1n) is 9.08. The highest BCUT2D eigenvalue weighted by Crippen LogP contribution is 2.24. The van der Waals surface area contributed by atoms with E-state index in [0.717, 1.165) is 45.5 Å². The second-order valence-electron chi connectivity index (χ2n) is 7.34. The lowest BCUT2D eigenvalue weighted by atomic mass is 9.93. The van der Waals surface area contributed by atoms with E-state index in [2.05, 4.69) is 36.9 Å². The fourth-order valence-corrected chi connectivity index (χ4v) is 3.65. The van der Waals surface area contributed by atoms with Crippen molar-refractivity contribution in [2.75, 3.05) is 26.3 Å². The highest BCUT2D eigenvalue weighted by Gasteiger charge is 2.23. The number of ketones is 1. The van der Waals surface area contributed by atoms with E-state index in [1.807, 2.05) is 0 Å². The second kappa shape index (κ2) is 7.59. The van der Waals surface area contributed by atoms with Gasteiger partial charge in [0.15, 0.2) is 0 Å². The van der Waals surface area contributed by atoms with E-state index < -0.39 is 0 Å². The first-order valence-corrected chi connectivity index (χ1v) is 9.08. The third-order valence-corrected chi connectivity index (χ3v) is 5.27. The van der Waals surface area contributed by atoms with Crippen LogP contribution in [0.3, 0.4) is 0 Å². The normalized spacial score (nSPS) is 21.6. The van der Waals surface area contributed by atoms with Gasteiger partial charge in [0.2, 0.25) is 0 Å². The van der Waals surface area contributed by atoms with Gasteiger partial charge in [0, 0.05) is 32.0 Å². The van der Waals surface area contributed by atoms with E-state index in [4.69, 9.17) is 4.74 Å². The Balaban J connectivity index is 1.47. The van der Waals surface area contributed by atoms with Crippen molar-refractivity contribution in [1.29, 1.82) is 0 Å². The van der Waals surface area contributed by atoms with Crippen molar-refractivity contribution in [3.8, 4) is 0 Å². The standard InChI is InChI=1S/C20H29NO2/c1-15(2)16-5-6-18-13-21(10-7-17(18)12-16)9-3-4-20(22)19-8-11-23-14-19/h5-6,12,15,19H,3-4,7-11,13-14H2,1-2H3. The lowest BCUT2D eigenvalue weighted by Crippen LogP contribution is -2.32. The Labute approximate surface area is 140 Å². The summed E-state index contributed by atoms with van der Waals surface area (Å²) in [5.74, 6) is 1.18. The minimum Gasteiger partial charge on any atom is -0.381 e. The Morgan fingerprint density at radius 2 is 2.22 bits per heavy atom. The van der Waals surface area contributed by atoms with Crippen LogP contribution in [0.5, 0.6) is 0 Å². The van der Waals surface area contributed by atoms with Crippen LogP contribution in [0.2, 0.25) is 0 Å². The first kappa shape index (κ1) is 16.7. The number of rotatable bonds is 6. The number of Topliss-reactive ketones (excluding diaryl/α,β-unsaturated/α-hetero) is 1. The van der Waals surface area contributed by atoms with Crippen LogP contribution in [0, 0.1) is 5.92 Å². The Kier molecular flexibility index (Phi) is 5.50. The molecule has 0 saturated carbocycles. The Morgan fingerprint density at radius 3 is 2.96 bits per heavy atom. The maximum absolute atomic E-state index is 12.1. The molecule has 1 aromatic rings.